The molecule has 0 aromatic carbocycles. The predicted molar refractivity (Wildman–Crippen MR) is 105 cm³/mol. The largest absolute Gasteiger partial charge is 0.356 e. The first-order valence-electron chi connectivity index (χ1n) is 9.70. The Hall–Kier alpha value is -1.56. The Kier molecular flexibility index (Phi) is 7.75. The second-order valence-electron chi connectivity index (χ2n) is 7.18. The quantitative estimate of drug-likeness (QED) is 0.450. The molecule has 2 heterocycles. The van der Waals surface area contributed by atoms with Crippen LogP contribution >= 0.6 is 0 Å². The number of rotatable bonds is 7. The summed E-state index contributed by atoms with van der Waals surface area (Å²) in [6, 6.07) is 0.747. The fourth-order valence-corrected chi connectivity index (χ4v) is 3.68. The van der Waals surface area contributed by atoms with E-state index in [9.17, 15) is 0 Å². The molecule has 2 rings (SSSR count). The van der Waals surface area contributed by atoms with E-state index in [4.69, 9.17) is 0 Å². The van der Waals surface area contributed by atoms with Gasteiger partial charge in [0.05, 0.1) is 5.69 Å². The lowest BCUT2D eigenvalue weighted by Crippen LogP contribution is -2.41. The lowest BCUT2D eigenvalue weighted by Gasteiger charge is -2.33. The molecule has 1 aromatic rings. The number of hydrogen-bond acceptors (Lipinski definition) is 3. The first-order chi connectivity index (χ1) is 12.0. The molecular formula is C19H36N6. The molecule has 1 aliphatic heterocycles. The summed E-state index contributed by atoms with van der Waals surface area (Å²) in [5, 5.41) is 11.3. The van der Waals surface area contributed by atoms with Crippen LogP contribution in [0.4, 0.5) is 0 Å². The molecular weight excluding hydrogens is 312 g/mol. The third-order valence-electron chi connectivity index (χ3n) is 5.41. The number of aliphatic imine (C=N–C) groups is 1. The van der Waals surface area contributed by atoms with Gasteiger partial charge in [-0.2, -0.15) is 5.10 Å². The van der Waals surface area contributed by atoms with Crippen molar-refractivity contribution >= 4 is 5.96 Å². The third kappa shape index (κ3) is 5.73. The van der Waals surface area contributed by atoms with Crippen LogP contribution in [0.3, 0.4) is 0 Å². The van der Waals surface area contributed by atoms with Gasteiger partial charge < -0.3 is 15.5 Å². The van der Waals surface area contributed by atoms with Crippen LogP contribution in [0.25, 0.3) is 0 Å². The van der Waals surface area contributed by atoms with Gasteiger partial charge in [0.15, 0.2) is 5.96 Å². The Bertz CT molecular complexity index is 563. The molecule has 0 aliphatic carbocycles. The summed E-state index contributed by atoms with van der Waals surface area (Å²) in [6.07, 6.45) is 6.23. The maximum Gasteiger partial charge on any atom is 0.190 e. The summed E-state index contributed by atoms with van der Waals surface area (Å²) in [5.41, 5.74) is 3.71. The van der Waals surface area contributed by atoms with Crippen molar-refractivity contribution in [2.24, 2.45) is 12.0 Å². The Balaban J connectivity index is 1.65. The Morgan fingerprint density at radius 2 is 2.00 bits per heavy atom. The highest BCUT2D eigenvalue weighted by molar-refractivity contribution is 5.79. The molecule has 1 saturated heterocycles. The first-order valence-corrected chi connectivity index (χ1v) is 9.70. The Morgan fingerprint density at radius 1 is 1.24 bits per heavy atom. The van der Waals surface area contributed by atoms with Gasteiger partial charge in [-0.25, -0.2) is 0 Å². The van der Waals surface area contributed by atoms with Crippen LogP contribution in [-0.4, -0.2) is 59.9 Å². The zero-order valence-electron chi connectivity index (χ0n) is 16.7. The minimum Gasteiger partial charge on any atom is -0.356 e. The van der Waals surface area contributed by atoms with Crippen LogP contribution in [0.1, 0.15) is 49.6 Å². The third-order valence-corrected chi connectivity index (χ3v) is 5.41. The Labute approximate surface area is 153 Å². The monoisotopic (exact) mass is 348 g/mol. The van der Waals surface area contributed by atoms with Gasteiger partial charge in [-0.15, -0.1) is 0 Å². The molecule has 1 fully saturated rings. The maximum atomic E-state index is 4.48. The smallest absolute Gasteiger partial charge is 0.190 e. The number of nitrogens with one attached hydrogen (secondary N) is 2. The first kappa shape index (κ1) is 19.8. The number of likely N-dealkylation sites (tertiary alicyclic amines) is 1. The van der Waals surface area contributed by atoms with Crippen molar-refractivity contribution in [3.8, 4) is 0 Å². The molecule has 0 spiro atoms. The van der Waals surface area contributed by atoms with E-state index >= 15 is 0 Å². The highest BCUT2D eigenvalue weighted by Crippen LogP contribution is 2.16. The molecule has 0 bridgehead atoms. The van der Waals surface area contributed by atoms with Crippen LogP contribution in [-0.2, 0) is 13.5 Å². The number of guanidine groups is 1. The number of hydrogen-bond donors (Lipinski definition) is 2. The van der Waals surface area contributed by atoms with Crippen molar-refractivity contribution in [1.82, 2.24) is 25.3 Å². The lowest BCUT2D eigenvalue weighted by molar-refractivity contribution is 0.159. The predicted octanol–water partition coefficient (Wildman–Crippen LogP) is 2.01. The topological polar surface area (TPSA) is 57.5 Å². The molecule has 6 heteroatoms. The van der Waals surface area contributed by atoms with Crippen LogP contribution in [0.2, 0.25) is 0 Å². The molecule has 0 saturated carbocycles. The summed E-state index contributed by atoms with van der Waals surface area (Å²) in [6.45, 7) is 10.8. The van der Waals surface area contributed by atoms with Crippen molar-refractivity contribution in [1.29, 1.82) is 0 Å². The second-order valence-corrected chi connectivity index (χ2v) is 7.18. The van der Waals surface area contributed by atoms with Gasteiger partial charge in [-0.05, 0) is 58.6 Å². The fraction of sp³-hybridized carbons (Fsp3) is 0.789. The van der Waals surface area contributed by atoms with Gasteiger partial charge in [0.25, 0.3) is 0 Å². The van der Waals surface area contributed by atoms with E-state index < -0.39 is 0 Å². The summed E-state index contributed by atoms with van der Waals surface area (Å²) in [4.78, 5) is 6.95. The van der Waals surface area contributed by atoms with E-state index in [1.807, 2.05) is 18.8 Å². The fourth-order valence-electron chi connectivity index (χ4n) is 3.68. The molecule has 0 amide bonds. The van der Waals surface area contributed by atoms with Crippen LogP contribution < -0.4 is 10.6 Å². The molecule has 0 radical (unpaired) electrons. The van der Waals surface area contributed by atoms with E-state index in [0.29, 0.717) is 0 Å². The van der Waals surface area contributed by atoms with Crippen LogP contribution in [0, 0.1) is 13.8 Å². The van der Waals surface area contributed by atoms with Gasteiger partial charge in [0.1, 0.15) is 0 Å². The standard InChI is InChI=1S/C19H36N6/c1-15-9-6-7-13-25(15)14-8-11-21-19(20-4)22-12-10-18-16(2)23-24(5)17(18)3/h15H,6-14H2,1-5H3,(H2,20,21,22). The average Bonchev–Trinajstić information content (AvgIpc) is 2.84. The van der Waals surface area contributed by atoms with Crippen LogP contribution in [0.15, 0.2) is 4.99 Å². The number of piperidine rings is 1. The molecule has 1 aromatic heterocycles. The highest BCUT2D eigenvalue weighted by atomic mass is 15.3. The molecule has 1 atom stereocenters. The normalized spacial score (nSPS) is 19.2. The zero-order valence-corrected chi connectivity index (χ0v) is 16.7. The SMILES string of the molecule is CN=C(NCCCN1CCCCC1C)NCCc1c(C)nn(C)c1C. The zero-order chi connectivity index (χ0) is 18.2. The van der Waals surface area contributed by atoms with Crippen molar-refractivity contribution in [2.75, 3.05) is 33.2 Å². The summed E-state index contributed by atoms with van der Waals surface area (Å²) >= 11 is 0. The van der Waals surface area contributed by atoms with E-state index in [1.165, 1.54) is 43.6 Å². The average molecular weight is 349 g/mol. The number of nitrogens with zero attached hydrogens (tertiary/aromatic N) is 4. The van der Waals surface area contributed by atoms with E-state index in [0.717, 1.165) is 43.6 Å². The van der Waals surface area contributed by atoms with E-state index in [-0.39, 0.29) is 0 Å². The van der Waals surface area contributed by atoms with E-state index in [1.54, 1.807) is 0 Å². The van der Waals surface area contributed by atoms with Gasteiger partial charge >= 0.3 is 0 Å². The summed E-state index contributed by atoms with van der Waals surface area (Å²) in [5.74, 6) is 0.894. The maximum absolute atomic E-state index is 4.48. The highest BCUT2D eigenvalue weighted by Gasteiger charge is 2.17. The number of aryl methyl sites for hydroxylation is 2. The van der Waals surface area contributed by atoms with Crippen molar-refractivity contribution < 1.29 is 0 Å². The molecule has 1 aliphatic rings. The number of aromatic nitrogens is 2. The summed E-state index contributed by atoms with van der Waals surface area (Å²) < 4.78 is 1.96. The molecule has 2 N–H and O–H groups in total. The molecule has 25 heavy (non-hydrogen) atoms. The Morgan fingerprint density at radius 3 is 2.64 bits per heavy atom. The lowest BCUT2D eigenvalue weighted by atomic mass is 10.0. The molecule has 142 valence electrons. The minimum absolute atomic E-state index is 0.747. The van der Waals surface area contributed by atoms with Crippen LogP contribution in [0.5, 0.6) is 0 Å². The van der Waals surface area contributed by atoms with Gasteiger partial charge in [0, 0.05) is 45.5 Å². The van der Waals surface area contributed by atoms with Crippen molar-refractivity contribution in [3.63, 3.8) is 0 Å². The van der Waals surface area contributed by atoms with Gasteiger partial charge in [0.2, 0.25) is 0 Å². The second kappa shape index (κ2) is 9.80. The van der Waals surface area contributed by atoms with Crippen molar-refractivity contribution in [3.05, 3.63) is 17.0 Å². The molecule has 6 nitrogen and oxygen atoms in total. The summed E-state index contributed by atoms with van der Waals surface area (Å²) in [7, 11) is 3.84. The van der Waals surface area contributed by atoms with Gasteiger partial charge in [-0.3, -0.25) is 9.67 Å². The van der Waals surface area contributed by atoms with E-state index in [2.05, 4.69) is 46.4 Å². The van der Waals surface area contributed by atoms with Crippen molar-refractivity contribution in [2.45, 2.75) is 58.9 Å². The minimum atomic E-state index is 0.747. The molecule has 1 unspecified atom stereocenters. The van der Waals surface area contributed by atoms with Gasteiger partial charge in [-0.1, -0.05) is 6.42 Å².